The molecule has 0 saturated heterocycles. The van der Waals surface area contributed by atoms with Gasteiger partial charge in [-0.3, -0.25) is 4.90 Å². The molecule has 0 aromatic carbocycles. The highest BCUT2D eigenvalue weighted by molar-refractivity contribution is 4.74. The first-order chi connectivity index (χ1) is 6.08. The summed E-state index contributed by atoms with van der Waals surface area (Å²) in [5, 5.41) is 9.92. The summed E-state index contributed by atoms with van der Waals surface area (Å²) in [6.07, 6.45) is 0.518. The van der Waals surface area contributed by atoms with E-state index >= 15 is 0 Å². The van der Waals surface area contributed by atoms with Crippen LogP contribution in [0.15, 0.2) is 0 Å². The fourth-order valence-corrected chi connectivity index (χ4v) is 1.52. The SMILES string of the molecule is CCC(N)C(C)C(O)N(CC)CC. The summed E-state index contributed by atoms with van der Waals surface area (Å²) < 4.78 is 0. The Morgan fingerprint density at radius 3 is 2.00 bits per heavy atom. The molecular formula is C10H24N2O. The maximum atomic E-state index is 9.92. The first kappa shape index (κ1) is 12.9. The zero-order valence-electron chi connectivity index (χ0n) is 9.33. The van der Waals surface area contributed by atoms with E-state index < -0.39 is 6.23 Å². The van der Waals surface area contributed by atoms with Crippen LogP contribution in [0.3, 0.4) is 0 Å². The average molecular weight is 188 g/mol. The Morgan fingerprint density at radius 2 is 1.69 bits per heavy atom. The van der Waals surface area contributed by atoms with Gasteiger partial charge < -0.3 is 10.8 Å². The minimum Gasteiger partial charge on any atom is -0.378 e. The average Bonchev–Trinajstić information content (AvgIpc) is 2.17. The Morgan fingerprint density at radius 1 is 1.23 bits per heavy atom. The van der Waals surface area contributed by atoms with E-state index in [4.69, 9.17) is 5.73 Å². The van der Waals surface area contributed by atoms with Crippen LogP contribution in [0.1, 0.15) is 34.1 Å². The van der Waals surface area contributed by atoms with Crippen molar-refractivity contribution in [1.29, 1.82) is 0 Å². The summed E-state index contributed by atoms with van der Waals surface area (Å²) in [6, 6.07) is 0.0931. The molecule has 0 heterocycles. The molecular weight excluding hydrogens is 164 g/mol. The van der Waals surface area contributed by atoms with Crippen LogP contribution >= 0.6 is 0 Å². The van der Waals surface area contributed by atoms with Crippen LogP contribution in [0.4, 0.5) is 0 Å². The standard InChI is InChI=1S/C10H24N2O/c1-5-9(11)8(4)10(13)12(6-2)7-3/h8-10,13H,5-7,11H2,1-4H3. The Bertz CT molecular complexity index is 126. The summed E-state index contributed by atoms with van der Waals surface area (Å²) >= 11 is 0. The summed E-state index contributed by atoms with van der Waals surface area (Å²) in [5.74, 6) is 0.143. The van der Waals surface area contributed by atoms with Gasteiger partial charge in [-0.05, 0) is 19.5 Å². The first-order valence-corrected chi connectivity index (χ1v) is 5.26. The van der Waals surface area contributed by atoms with Gasteiger partial charge in [0.25, 0.3) is 0 Å². The number of aliphatic hydroxyl groups excluding tert-OH is 1. The third-order valence-corrected chi connectivity index (χ3v) is 2.80. The third kappa shape index (κ3) is 3.63. The van der Waals surface area contributed by atoms with Gasteiger partial charge in [0.1, 0.15) is 6.23 Å². The van der Waals surface area contributed by atoms with Gasteiger partial charge in [-0.25, -0.2) is 0 Å². The lowest BCUT2D eigenvalue weighted by Gasteiger charge is -2.32. The van der Waals surface area contributed by atoms with Crippen molar-refractivity contribution >= 4 is 0 Å². The van der Waals surface area contributed by atoms with Gasteiger partial charge in [0, 0.05) is 12.0 Å². The van der Waals surface area contributed by atoms with Gasteiger partial charge in [-0.2, -0.15) is 0 Å². The van der Waals surface area contributed by atoms with E-state index in [2.05, 4.69) is 20.8 Å². The van der Waals surface area contributed by atoms with Crippen LogP contribution in [0.5, 0.6) is 0 Å². The molecule has 0 aliphatic carbocycles. The lowest BCUT2D eigenvalue weighted by molar-refractivity contribution is -0.0366. The second-order valence-electron chi connectivity index (χ2n) is 3.57. The maximum absolute atomic E-state index is 9.92. The van der Waals surface area contributed by atoms with Crippen LogP contribution in [0, 0.1) is 5.92 Å². The minimum absolute atomic E-state index is 0.0931. The predicted octanol–water partition coefficient (Wildman–Crippen LogP) is 1.02. The Hall–Kier alpha value is -0.120. The Labute approximate surface area is 81.9 Å². The van der Waals surface area contributed by atoms with E-state index in [1.807, 2.05) is 11.8 Å². The van der Waals surface area contributed by atoms with E-state index in [0.717, 1.165) is 19.5 Å². The van der Waals surface area contributed by atoms with E-state index in [0.29, 0.717) is 0 Å². The van der Waals surface area contributed by atoms with Crippen molar-refractivity contribution in [3.63, 3.8) is 0 Å². The van der Waals surface area contributed by atoms with Gasteiger partial charge in [-0.1, -0.05) is 27.7 Å². The normalized spacial score (nSPS) is 18.7. The molecule has 3 unspecified atom stereocenters. The van der Waals surface area contributed by atoms with E-state index in [1.54, 1.807) is 0 Å². The molecule has 0 radical (unpaired) electrons. The summed E-state index contributed by atoms with van der Waals surface area (Å²) in [7, 11) is 0. The molecule has 0 aliphatic rings. The fourth-order valence-electron chi connectivity index (χ4n) is 1.52. The number of aliphatic hydroxyl groups is 1. The second-order valence-corrected chi connectivity index (χ2v) is 3.57. The number of hydrogen-bond acceptors (Lipinski definition) is 3. The molecule has 3 N–H and O–H groups in total. The molecule has 0 amide bonds. The molecule has 80 valence electrons. The van der Waals surface area contributed by atoms with Crippen LogP contribution in [-0.4, -0.2) is 35.4 Å². The highest BCUT2D eigenvalue weighted by Crippen LogP contribution is 2.13. The van der Waals surface area contributed by atoms with E-state index in [-0.39, 0.29) is 12.0 Å². The second kappa shape index (κ2) is 6.35. The summed E-state index contributed by atoms with van der Waals surface area (Å²) in [5.41, 5.74) is 5.88. The van der Waals surface area contributed by atoms with Crippen LogP contribution < -0.4 is 5.73 Å². The van der Waals surface area contributed by atoms with E-state index in [1.165, 1.54) is 0 Å². The van der Waals surface area contributed by atoms with Crippen molar-refractivity contribution in [3.05, 3.63) is 0 Å². The molecule has 0 fully saturated rings. The van der Waals surface area contributed by atoms with Gasteiger partial charge in [-0.15, -0.1) is 0 Å². The van der Waals surface area contributed by atoms with Crippen molar-refractivity contribution in [3.8, 4) is 0 Å². The number of nitrogens with two attached hydrogens (primary N) is 1. The molecule has 0 aromatic rings. The number of rotatable bonds is 6. The molecule has 3 nitrogen and oxygen atoms in total. The van der Waals surface area contributed by atoms with Crippen molar-refractivity contribution in [2.45, 2.75) is 46.4 Å². The summed E-state index contributed by atoms with van der Waals surface area (Å²) in [4.78, 5) is 2.03. The molecule has 3 heteroatoms. The van der Waals surface area contributed by atoms with Crippen molar-refractivity contribution in [2.75, 3.05) is 13.1 Å². The van der Waals surface area contributed by atoms with Crippen LogP contribution in [0.2, 0.25) is 0 Å². The molecule has 0 bridgehead atoms. The fraction of sp³-hybridized carbons (Fsp3) is 1.00. The molecule has 0 rings (SSSR count). The zero-order chi connectivity index (χ0) is 10.4. The minimum atomic E-state index is -0.398. The largest absolute Gasteiger partial charge is 0.378 e. The molecule has 0 saturated carbocycles. The van der Waals surface area contributed by atoms with Crippen molar-refractivity contribution < 1.29 is 5.11 Å². The van der Waals surface area contributed by atoms with Crippen molar-refractivity contribution in [1.82, 2.24) is 4.90 Å². The Balaban J connectivity index is 4.13. The number of hydrogen-bond donors (Lipinski definition) is 2. The lowest BCUT2D eigenvalue weighted by Crippen LogP contribution is -2.46. The van der Waals surface area contributed by atoms with E-state index in [9.17, 15) is 5.11 Å². The molecule has 3 atom stereocenters. The maximum Gasteiger partial charge on any atom is 0.111 e. The molecule has 0 aliphatic heterocycles. The monoisotopic (exact) mass is 188 g/mol. The predicted molar refractivity (Wildman–Crippen MR) is 56.4 cm³/mol. The highest BCUT2D eigenvalue weighted by atomic mass is 16.3. The molecule has 0 aromatic heterocycles. The van der Waals surface area contributed by atoms with Gasteiger partial charge in [0.05, 0.1) is 0 Å². The zero-order valence-corrected chi connectivity index (χ0v) is 9.33. The van der Waals surface area contributed by atoms with Crippen LogP contribution in [-0.2, 0) is 0 Å². The number of nitrogens with zero attached hydrogens (tertiary/aromatic N) is 1. The van der Waals surface area contributed by atoms with Crippen molar-refractivity contribution in [2.24, 2.45) is 11.7 Å². The molecule has 13 heavy (non-hydrogen) atoms. The third-order valence-electron chi connectivity index (χ3n) is 2.80. The highest BCUT2D eigenvalue weighted by Gasteiger charge is 2.23. The van der Waals surface area contributed by atoms with Crippen LogP contribution in [0.25, 0.3) is 0 Å². The first-order valence-electron chi connectivity index (χ1n) is 5.26. The topological polar surface area (TPSA) is 49.5 Å². The quantitative estimate of drug-likeness (QED) is 0.612. The smallest absolute Gasteiger partial charge is 0.111 e. The van der Waals surface area contributed by atoms with Gasteiger partial charge >= 0.3 is 0 Å². The summed E-state index contributed by atoms with van der Waals surface area (Å²) in [6.45, 7) is 9.91. The lowest BCUT2D eigenvalue weighted by atomic mass is 9.98. The van der Waals surface area contributed by atoms with Gasteiger partial charge in [0.2, 0.25) is 0 Å². The molecule has 0 spiro atoms. The Kier molecular flexibility index (Phi) is 6.29. The van der Waals surface area contributed by atoms with Gasteiger partial charge in [0.15, 0.2) is 0 Å².